The van der Waals surface area contributed by atoms with Gasteiger partial charge >= 0.3 is 25.8 Å². The van der Waals surface area contributed by atoms with Crippen molar-refractivity contribution in [2.24, 2.45) is 0 Å². The van der Waals surface area contributed by atoms with Crippen molar-refractivity contribution in [1.82, 2.24) is 9.97 Å². The van der Waals surface area contributed by atoms with Crippen molar-refractivity contribution in [1.29, 1.82) is 0 Å². The molecule has 0 aliphatic heterocycles. The van der Waals surface area contributed by atoms with E-state index in [2.05, 4.69) is 9.97 Å². The third-order valence-electron chi connectivity index (χ3n) is 1.13. The minimum atomic E-state index is 0. The first-order valence-corrected chi connectivity index (χ1v) is 3.70. The van der Waals surface area contributed by atoms with Gasteiger partial charge in [0.15, 0.2) is 0 Å². The van der Waals surface area contributed by atoms with Crippen LogP contribution in [0, 0.1) is 0 Å². The molecule has 0 bridgehead atoms. The summed E-state index contributed by atoms with van der Waals surface area (Å²) >= 11 is 0. The summed E-state index contributed by atoms with van der Waals surface area (Å²) in [4.78, 5) is 7.57. The molecule has 2 rings (SSSR count). The van der Waals surface area contributed by atoms with Gasteiger partial charge in [0.25, 0.3) is 0 Å². The Bertz CT molecular complexity index is 202. The van der Waals surface area contributed by atoms with Gasteiger partial charge in [-0.05, 0) is 24.3 Å². The molecule has 2 aromatic heterocycles. The number of aromatic nitrogens is 2. The molecule has 0 aliphatic rings. The molecule has 0 unspecified atom stereocenters. The van der Waals surface area contributed by atoms with E-state index < -0.39 is 0 Å². The van der Waals surface area contributed by atoms with Crippen LogP contribution in [0.25, 0.3) is 0 Å². The van der Waals surface area contributed by atoms with Crippen LogP contribution in [0.2, 0.25) is 0 Å². The van der Waals surface area contributed by atoms with Gasteiger partial charge in [-0.2, -0.15) is 0 Å². The largest absolute Gasteiger partial charge is 4.00 e. The summed E-state index contributed by atoms with van der Waals surface area (Å²) < 4.78 is 0. The van der Waals surface area contributed by atoms with Crippen LogP contribution in [0.4, 0.5) is 0 Å². The van der Waals surface area contributed by atoms with Crippen molar-refractivity contribution in [2.45, 2.75) is 0 Å². The second-order valence-electron chi connectivity index (χ2n) is 2.05. The fraction of sp³-hybridized carbons (Fsp3) is 0. The Morgan fingerprint density at radius 2 is 0.647 bits per heavy atom. The molecule has 2 aromatic rings. The van der Waals surface area contributed by atoms with Crippen LogP contribution in [0.3, 0.4) is 0 Å². The summed E-state index contributed by atoms with van der Waals surface area (Å²) in [7, 11) is 0. The van der Waals surface area contributed by atoms with Crippen molar-refractivity contribution in [3.63, 3.8) is 0 Å². The van der Waals surface area contributed by atoms with Gasteiger partial charge < -0.3 is 49.6 Å². The molecule has 92 valence electrons. The van der Waals surface area contributed by atoms with Gasteiger partial charge in [-0.3, -0.25) is 9.97 Å². The number of hydrogen-bond acceptors (Lipinski definition) is 2. The molecular formula is C10H10Cl4HfN2. The smallest absolute Gasteiger partial charge is 1.00 e. The predicted octanol–water partition coefficient (Wildman–Crippen LogP) is -9.82. The van der Waals surface area contributed by atoms with Gasteiger partial charge in [0.1, 0.15) is 0 Å². The van der Waals surface area contributed by atoms with Gasteiger partial charge in [0.05, 0.1) is 0 Å². The monoisotopic (exact) mass is 478 g/mol. The zero-order valence-corrected chi connectivity index (χ0v) is 15.3. The molecule has 0 saturated carbocycles. The fourth-order valence-corrected chi connectivity index (χ4v) is 0.625. The quantitative estimate of drug-likeness (QED) is 0.352. The number of pyridine rings is 2. The van der Waals surface area contributed by atoms with E-state index in [0.29, 0.717) is 0 Å². The summed E-state index contributed by atoms with van der Waals surface area (Å²) in [5, 5.41) is 0. The number of hydrogen-bond donors (Lipinski definition) is 0. The van der Waals surface area contributed by atoms with E-state index in [1.165, 1.54) is 0 Å². The van der Waals surface area contributed by atoms with Gasteiger partial charge in [0, 0.05) is 24.8 Å². The van der Waals surface area contributed by atoms with E-state index in [9.17, 15) is 0 Å². The maximum absolute atomic E-state index is 3.78. The van der Waals surface area contributed by atoms with Crippen LogP contribution in [-0.2, 0) is 25.8 Å². The van der Waals surface area contributed by atoms with E-state index >= 15 is 0 Å². The molecule has 2 heterocycles. The molecule has 0 amide bonds. The molecule has 0 fully saturated rings. The average molecular weight is 479 g/mol. The third-order valence-corrected chi connectivity index (χ3v) is 1.13. The van der Waals surface area contributed by atoms with Crippen LogP contribution >= 0.6 is 0 Å². The zero-order valence-electron chi connectivity index (χ0n) is 8.68. The van der Waals surface area contributed by atoms with Crippen molar-refractivity contribution in [3.05, 3.63) is 61.2 Å². The predicted molar refractivity (Wildman–Crippen MR) is 48.5 cm³/mol. The van der Waals surface area contributed by atoms with Crippen LogP contribution in [0.1, 0.15) is 0 Å². The summed E-state index contributed by atoms with van der Waals surface area (Å²) in [6.07, 6.45) is 7.00. The van der Waals surface area contributed by atoms with Gasteiger partial charge in [-0.1, -0.05) is 12.1 Å². The molecular weight excluding hydrogens is 468 g/mol. The second-order valence-corrected chi connectivity index (χ2v) is 2.05. The molecule has 0 spiro atoms. The van der Waals surface area contributed by atoms with E-state index in [1.807, 2.05) is 36.4 Å². The van der Waals surface area contributed by atoms with Crippen molar-refractivity contribution >= 4 is 0 Å². The summed E-state index contributed by atoms with van der Waals surface area (Å²) in [5.41, 5.74) is 0. The van der Waals surface area contributed by atoms with E-state index in [0.717, 1.165) is 0 Å². The van der Waals surface area contributed by atoms with Crippen molar-refractivity contribution in [3.8, 4) is 0 Å². The summed E-state index contributed by atoms with van der Waals surface area (Å²) in [6, 6.07) is 11.4. The minimum Gasteiger partial charge on any atom is -1.00 e. The average Bonchev–Trinajstić information content (AvgIpc) is 2.24. The third kappa shape index (κ3) is 22.1. The minimum absolute atomic E-state index is 0. The molecule has 0 saturated heterocycles. The van der Waals surface area contributed by atoms with Crippen molar-refractivity contribution < 1.29 is 75.5 Å². The fourth-order valence-electron chi connectivity index (χ4n) is 0.625. The Morgan fingerprint density at radius 3 is 0.706 bits per heavy atom. The Labute approximate surface area is 145 Å². The van der Waals surface area contributed by atoms with Gasteiger partial charge in [-0.15, -0.1) is 0 Å². The van der Waals surface area contributed by atoms with Crippen molar-refractivity contribution in [2.75, 3.05) is 0 Å². The first kappa shape index (κ1) is 30.4. The Balaban J connectivity index is -0.0000000436. The summed E-state index contributed by atoms with van der Waals surface area (Å²) in [6.45, 7) is 0. The second kappa shape index (κ2) is 25.2. The number of halogens is 4. The molecule has 0 atom stereocenters. The topological polar surface area (TPSA) is 25.8 Å². The van der Waals surface area contributed by atoms with E-state index in [-0.39, 0.29) is 75.5 Å². The molecule has 0 aromatic carbocycles. The first-order valence-electron chi connectivity index (χ1n) is 3.70. The normalized spacial score (nSPS) is 5.65. The van der Waals surface area contributed by atoms with Crippen LogP contribution in [0.15, 0.2) is 61.2 Å². The van der Waals surface area contributed by atoms with E-state index in [4.69, 9.17) is 0 Å². The molecule has 0 radical (unpaired) electrons. The Morgan fingerprint density at radius 1 is 0.412 bits per heavy atom. The van der Waals surface area contributed by atoms with Gasteiger partial charge in [-0.25, -0.2) is 0 Å². The SMILES string of the molecule is [Cl-].[Cl-].[Cl-].[Cl-].[Hf+4].c1ccncc1.c1ccncc1. The Hall–Kier alpha value is 0.330. The van der Waals surface area contributed by atoms with Crippen LogP contribution < -0.4 is 49.6 Å². The number of nitrogens with zero attached hydrogens (tertiary/aromatic N) is 2. The Kier molecular flexibility index (Phi) is 45.1. The molecule has 2 nitrogen and oxygen atoms in total. The van der Waals surface area contributed by atoms with Crippen LogP contribution in [0.5, 0.6) is 0 Å². The standard InChI is InChI=1S/2C5H5N.4ClH.Hf/c2*1-2-4-6-5-3-1;;;;;/h2*1-5H;4*1H;/q;;;;;;+4/p-4. The first-order chi connectivity index (χ1) is 6.00. The van der Waals surface area contributed by atoms with Crippen LogP contribution in [-0.4, -0.2) is 9.97 Å². The molecule has 0 N–H and O–H groups in total. The summed E-state index contributed by atoms with van der Waals surface area (Å²) in [5.74, 6) is 0. The van der Waals surface area contributed by atoms with Gasteiger partial charge in [0.2, 0.25) is 0 Å². The maximum atomic E-state index is 3.78. The zero-order chi connectivity index (χ0) is 8.49. The van der Waals surface area contributed by atoms with E-state index in [1.54, 1.807) is 24.8 Å². The maximum Gasteiger partial charge on any atom is 4.00 e. The number of rotatable bonds is 0. The molecule has 17 heavy (non-hydrogen) atoms. The molecule has 0 aliphatic carbocycles. The molecule has 7 heteroatoms.